The van der Waals surface area contributed by atoms with E-state index in [1.807, 2.05) is 48.5 Å². The first-order valence-corrected chi connectivity index (χ1v) is 9.03. The van der Waals surface area contributed by atoms with Crippen molar-refractivity contribution < 1.29 is 9.66 Å². The van der Waals surface area contributed by atoms with Crippen molar-refractivity contribution in [3.63, 3.8) is 0 Å². The summed E-state index contributed by atoms with van der Waals surface area (Å²) >= 11 is 2.19. The summed E-state index contributed by atoms with van der Waals surface area (Å²) in [6.45, 7) is 0.380. The second kappa shape index (κ2) is 8.62. The standard InChI is InChI=1S/C18H16IN5O3/c1-27-15-8-2-12(3-9-15)10-20-17-16(24(25)26)18(22-11-21-17)23-14-6-4-13(19)5-7-14/h2-9,11H,10H2,1H3,(H2,20,21,22,23). The predicted octanol–water partition coefficient (Wildman–Crippen LogP) is 4.35. The van der Waals surface area contributed by atoms with Gasteiger partial charge in [0, 0.05) is 15.8 Å². The number of rotatable bonds is 7. The molecule has 0 saturated carbocycles. The number of nitrogens with one attached hydrogen (secondary N) is 2. The lowest BCUT2D eigenvalue weighted by molar-refractivity contribution is -0.383. The lowest BCUT2D eigenvalue weighted by Gasteiger charge is -2.10. The molecule has 9 heteroatoms. The summed E-state index contributed by atoms with van der Waals surface area (Å²) in [6.07, 6.45) is 1.29. The third-order valence-electron chi connectivity index (χ3n) is 3.73. The summed E-state index contributed by atoms with van der Waals surface area (Å²) in [4.78, 5) is 19.2. The van der Waals surface area contributed by atoms with Crippen molar-refractivity contribution in [3.05, 3.63) is 74.1 Å². The van der Waals surface area contributed by atoms with Crippen LogP contribution in [0.5, 0.6) is 5.75 Å². The smallest absolute Gasteiger partial charge is 0.353 e. The SMILES string of the molecule is COc1ccc(CNc2ncnc(Nc3ccc(I)cc3)c2[N+](=O)[O-])cc1. The third kappa shape index (κ3) is 4.82. The molecule has 2 aromatic carbocycles. The van der Waals surface area contributed by atoms with Crippen LogP contribution in [0.4, 0.5) is 23.0 Å². The average molecular weight is 477 g/mol. The average Bonchev–Trinajstić information content (AvgIpc) is 2.68. The van der Waals surface area contributed by atoms with Gasteiger partial charge in [0.25, 0.3) is 0 Å². The first-order chi connectivity index (χ1) is 13.1. The van der Waals surface area contributed by atoms with Crippen LogP contribution in [0.1, 0.15) is 5.56 Å². The maximum absolute atomic E-state index is 11.6. The van der Waals surface area contributed by atoms with E-state index in [2.05, 4.69) is 43.2 Å². The number of hydrogen-bond donors (Lipinski definition) is 2. The Morgan fingerprint density at radius 1 is 1.07 bits per heavy atom. The van der Waals surface area contributed by atoms with Crippen molar-refractivity contribution in [2.24, 2.45) is 0 Å². The van der Waals surface area contributed by atoms with Gasteiger partial charge in [0.1, 0.15) is 12.1 Å². The number of hydrogen-bond acceptors (Lipinski definition) is 7. The summed E-state index contributed by atoms with van der Waals surface area (Å²) in [7, 11) is 1.60. The summed E-state index contributed by atoms with van der Waals surface area (Å²) in [5.41, 5.74) is 1.44. The zero-order valence-electron chi connectivity index (χ0n) is 14.3. The van der Waals surface area contributed by atoms with Gasteiger partial charge < -0.3 is 15.4 Å². The Labute approximate surface area is 169 Å². The minimum atomic E-state index is -0.495. The number of benzene rings is 2. The van der Waals surface area contributed by atoms with E-state index < -0.39 is 4.92 Å². The topological polar surface area (TPSA) is 102 Å². The van der Waals surface area contributed by atoms with E-state index in [0.717, 1.165) is 14.9 Å². The van der Waals surface area contributed by atoms with E-state index in [-0.39, 0.29) is 17.3 Å². The van der Waals surface area contributed by atoms with Gasteiger partial charge in [0.05, 0.1) is 12.0 Å². The molecule has 27 heavy (non-hydrogen) atoms. The molecule has 0 unspecified atom stereocenters. The van der Waals surface area contributed by atoms with Crippen molar-refractivity contribution in [3.8, 4) is 5.75 Å². The number of aromatic nitrogens is 2. The van der Waals surface area contributed by atoms with Crippen LogP contribution in [0.15, 0.2) is 54.9 Å². The van der Waals surface area contributed by atoms with E-state index in [1.54, 1.807) is 7.11 Å². The van der Waals surface area contributed by atoms with Crippen molar-refractivity contribution in [1.82, 2.24) is 9.97 Å². The van der Waals surface area contributed by atoms with Gasteiger partial charge >= 0.3 is 5.69 Å². The molecular formula is C18H16IN5O3. The molecule has 2 N–H and O–H groups in total. The Morgan fingerprint density at radius 2 is 1.74 bits per heavy atom. The van der Waals surface area contributed by atoms with Crippen LogP contribution >= 0.6 is 22.6 Å². The Balaban J connectivity index is 1.81. The molecule has 138 valence electrons. The van der Waals surface area contributed by atoms with Gasteiger partial charge in [-0.3, -0.25) is 10.1 Å². The number of nitrogens with zero attached hydrogens (tertiary/aromatic N) is 3. The van der Waals surface area contributed by atoms with Crippen LogP contribution in [0, 0.1) is 13.7 Å². The van der Waals surface area contributed by atoms with E-state index >= 15 is 0 Å². The highest BCUT2D eigenvalue weighted by molar-refractivity contribution is 14.1. The van der Waals surface area contributed by atoms with Gasteiger partial charge in [-0.1, -0.05) is 12.1 Å². The summed E-state index contributed by atoms with van der Waals surface area (Å²) < 4.78 is 6.19. The zero-order valence-corrected chi connectivity index (χ0v) is 16.5. The number of methoxy groups -OCH3 is 1. The van der Waals surface area contributed by atoms with Crippen LogP contribution < -0.4 is 15.4 Å². The first kappa shape index (κ1) is 18.8. The van der Waals surface area contributed by atoms with Crippen LogP contribution in [-0.2, 0) is 6.54 Å². The number of ether oxygens (including phenoxy) is 1. The molecule has 0 aliphatic rings. The molecule has 0 saturated heterocycles. The number of anilines is 3. The van der Waals surface area contributed by atoms with Gasteiger partial charge in [-0.2, -0.15) is 0 Å². The minimum Gasteiger partial charge on any atom is -0.497 e. The molecule has 0 aliphatic carbocycles. The Hall–Kier alpha value is -2.95. The molecule has 0 fully saturated rings. The molecule has 1 heterocycles. The van der Waals surface area contributed by atoms with E-state index in [1.165, 1.54) is 6.33 Å². The van der Waals surface area contributed by atoms with Crippen molar-refractivity contribution in [1.29, 1.82) is 0 Å². The van der Waals surface area contributed by atoms with Gasteiger partial charge in [-0.25, -0.2) is 9.97 Å². The van der Waals surface area contributed by atoms with Gasteiger partial charge in [-0.15, -0.1) is 0 Å². The van der Waals surface area contributed by atoms with Crippen LogP contribution in [-0.4, -0.2) is 22.0 Å². The largest absolute Gasteiger partial charge is 0.497 e. The maximum Gasteiger partial charge on any atom is 0.353 e. The minimum absolute atomic E-state index is 0.133. The highest BCUT2D eigenvalue weighted by atomic mass is 127. The second-order valence-corrected chi connectivity index (χ2v) is 6.76. The zero-order chi connectivity index (χ0) is 19.2. The van der Waals surface area contributed by atoms with Gasteiger partial charge in [0.15, 0.2) is 0 Å². The Kier molecular flexibility index (Phi) is 6.01. The van der Waals surface area contributed by atoms with Gasteiger partial charge in [0.2, 0.25) is 11.6 Å². The molecule has 1 aromatic heterocycles. The Bertz CT molecular complexity index is 933. The van der Waals surface area contributed by atoms with Gasteiger partial charge in [-0.05, 0) is 64.6 Å². The van der Waals surface area contributed by atoms with Crippen LogP contribution in [0.2, 0.25) is 0 Å². The van der Waals surface area contributed by atoms with E-state index in [0.29, 0.717) is 12.2 Å². The Morgan fingerprint density at radius 3 is 2.37 bits per heavy atom. The molecule has 3 aromatic rings. The van der Waals surface area contributed by atoms with E-state index in [4.69, 9.17) is 4.74 Å². The number of halogens is 1. The fraction of sp³-hybridized carbons (Fsp3) is 0.111. The fourth-order valence-electron chi connectivity index (χ4n) is 2.37. The van der Waals surface area contributed by atoms with Crippen molar-refractivity contribution in [2.75, 3.05) is 17.7 Å². The lowest BCUT2D eigenvalue weighted by atomic mass is 10.2. The molecule has 8 nitrogen and oxygen atoms in total. The first-order valence-electron chi connectivity index (χ1n) is 7.95. The summed E-state index contributed by atoms with van der Waals surface area (Å²) in [6, 6.07) is 14.9. The molecule has 3 rings (SSSR count). The van der Waals surface area contributed by atoms with Crippen LogP contribution in [0.3, 0.4) is 0 Å². The van der Waals surface area contributed by atoms with Crippen LogP contribution in [0.25, 0.3) is 0 Å². The summed E-state index contributed by atoms with van der Waals surface area (Å²) in [5, 5.41) is 17.6. The van der Waals surface area contributed by atoms with Crippen molar-refractivity contribution in [2.45, 2.75) is 6.54 Å². The molecule has 0 aliphatic heterocycles. The quantitative estimate of drug-likeness (QED) is 0.296. The molecular weight excluding hydrogens is 461 g/mol. The molecule has 0 atom stereocenters. The highest BCUT2D eigenvalue weighted by Gasteiger charge is 2.23. The fourth-order valence-corrected chi connectivity index (χ4v) is 2.73. The number of nitro groups is 1. The monoisotopic (exact) mass is 477 g/mol. The van der Waals surface area contributed by atoms with E-state index in [9.17, 15) is 10.1 Å². The summed E-state index contributed by atoms with van der Waals surface area (Å²) in [5.74, 6) is 1.03. The molecule has 0 spiro atoms. The van der Waals surface area contributed by atoms with Crippen molar-refractivity contribution >= 4 is 45.6 Å². The third-order valence-corrected chi connectivity index (χ3v) is 4.45. The molecule has 0 amide bonds. The predicted molar refractivity (Wildman–Crippen MR) is 111 cm³/mol. The second-order valence-electron chi connectivity index (χ2n) is 5.51. The molecule has 0 bridgehead atoms. The molecule has 0 radical (unpaired) electrons. The normalized spacial score (nSPS) is 10.3. The highest BCUT2D eigenvalue weighted by Crippen LogP contribution is 2.31. The maximum atomic E-state index is 11.6. The lowest BCUT2D eigenvalue weighted by Crippen LogP contribution is -2.08.